The molecule has 2 aromatic rings. The number of carbonyl (C=O) groups is 3. The van der Waals surface area contributed by atoms with Gasteiger partial charge in [-0.3, -0.25) is 14.5 Å². The molecule has 12 heteroatoms. The molecule has 1 aliphatic heterocycles. The van der Waals surface area contributed by atoms with E-state index in [9.17, 15) is 27.2 Å². The number of piperazine rings is 1. The van der Waals surface area contributed by atoms with Crippen LogP contribution in [0.5, 0.6) is 0 Å². The molecular weight excluding hydrogens is 484 g/mol. The molecule has 8 nitrogen and oxygen atoms in total. The molecule has 4 rings (SSSR count). The molecule has 2 unspecified atom stereocenters. The van der Waals surface area contributed by atoms with Crippen LogP contribution in [0.1, 0.15) is 48.7 Å². The number of aromatic nitrogens is 1. The summed E-state index contributed by atoms with van der Waals surface area (Å²) < 4.78 is 45.8. The summed E-state index contributed by atoms with van der Waals surface area (Å²) in [5, 5.41) is 10.7. The van der Waals surface area contributed by atoms with Crippen molar-refractivity contribution < 1.29 is 37.1 Å². The number of aliphatic carboxylic acids is 1. The topological polar surface area (TPSA) is 106 Å². The average Bonchev–Trinajstić information content (AvgIpc) is 3.29. The van der Waals surface area contributed by atoms with Gasteiger partial charge >= 0.3 is 12.1 Å². The van der Waals surface area contributed by atoms with Crippen molar-refractivity contribution in [3.63, 3.8) is 0 Å². The molecule has 2 fully saturated rings. The zero-order valence-electron chi connectivity index (χ0n) is 20.1. The number of hydrogen-bond acceptors (Lipinski definition) is 4. The second-order valence-corrected chi connectivity index (χ2v) is 9.17. The van der Waals surface area contributed by atoms with E-state index < -0.39 is 12.1 Å². The van der Waals surface area contributed by atoms with Crippen LogP contribution in [0.15, 0.2) is 18.2 Å². The number of carbonyl (C=O) groups excluding carboxylic acids is 2. The van der Waals surface area contributed by atoms with Crippen LogP contribution in [0.4, 0.5) is 17.6 Å². The number of hydrogen-bond donors (Lipinski definition) is 3. The van der Waals surface area contributed by atoms with Crippen molar-refractivity contribution in [2.24, 2.45) is 0 Å². The summed E-state index contributed by atoms with van der Waals surface area (Å²) in [7, 11) is 0. The van der Waals surface area contributed by atoms with Crippen LogP contribution in [-0.4, -0.2) is 82.1 Å². The Labute approximate surface area is 205 Å². The van der Waals surface area contributed by atoms with Crippen molar-refractivity contribution in [3.8, 4) is 0 Å². The van der Waals surface area contributed by atoms with Gasteiger partial charge in [0.15, 0.2) is 0 Å². The van der Waals surface area contributed by atoms with Gasteiger partial charge in [-0.15, -0.1) is 0 Å². The van der Waals surface area contributed by atoms with E-state index >= 15 is 0 Å². The first-order chi connectivity index (χ1) is 16.9. The number of aryl methyl sites for hydroxylation is 1. The number of halogens is 4. The van der Waals surface area contributed by atoms with Gasteiger partial charge in [0, 0.05) is 50.6 Å². The van der Waals surface area contributed by atoms with Crippen LogP contribution < -0.4 is 5.32 Å². The van der Waals surface area contributed by atoms with Crippen molar-refractivity contribution in [1.29, 1.82) is 0 Å². The van der Waals surface area contributed by atoms with Gasteiger partial charge in [0.25, 0.3) is 5.91 Å². The highest BCUT2D eigenvalue weighted by atomic mass is 19.4. The fourth-order valence-electron chi connectivity index (χ4n) is 4.74. The molecule has 0 radical (unpaired) electrons. The summed E-state index contributed by atoms with van der Waals surface area (Å²) in [4.78, 5) is 40.6. The Bertz CT molecular complexity index is 1070. The first-order valence-corrected chi connectivity index (χ1v) is 11.7. The summed E-state index contributed by atoms with van der Waals surface area (Å²) in [6, 6.07) is 5.31. The zero-order chi connectivity index (χ0) is 26.6. The minimum atomic E-state index is -5.08. The van der Waals surface area contributed by atoms with Gasteiger partial charge in [0.2, 0.25) is 5.91 Å². The third kappa shape index (κ3) is 6.74. The van der Waals surface area contributed by atoms with Gasteiger partial charge in [-0.1, -0.05) is 6.07 Å². The highest BCUT2D eigenvalue weighted by Gasteiger charge is 2.38. The van der Waals surface area contributed by atoms with Crippen molar-refractivity contribution in [2.45, 2.75) is 57.8 Å². The van der Waals surface area contributed by atoms with Gasteiger partial charge < -0.3 is 20.3 Å². The molecule has 2 amide bonds. The van der Waals surface area contributed by atoms with Crippen LogP contribution in [0.3, 0.4) is 0 Å². The summed E-state index contributed by atoms with van der Waals surface area (Å²) in [5.41, 5.74) is 2.01. The number of carboxylic acids is 1. The van der Waals surface area contributed by atoms with E-state index in [0.717, 1.165) is 57.4 Å². The SMILES string of the molecule is CC(=O)N1CCN(C2CCCC(NC(=O)c3cc4c(F)ccc(C)c4[nH]3)C2)CC1.O=C(O)C(F)(F)F. The maximum Gasteiger partial charge on any atom is 0.490 e. The molecule has 2 aliphatic rings. The number of fused-ring (bicyclic) bond motifs is 1. The summed E-state index contributed by atoms with van der Waals surface area (Å²) in [5.74, 6) is -3.11. The second kappa shape index (κ2) is 11.3. The van der Waals surface area contributed by atoms with Crippen LogP contribution in [-0.2, 0) is 9.59 Å². The van der Waals surface area contributed by atoms with Crippen LogP contribution in [0.2, 0.25) is 0 Å². The fourth-order valence-corrected chi connectivity index (χ4v) is 4.74. The summed E-state index contributed by atoms with van der Waals surface area (Å²) in [6.07, 6.45) is -1.01. The molecule has 1 saturated carbocycles. The Morgan fingerprint density at radius 1 is 1.11 bits per heavy atom. The molecule has 0 spiro atoms. The smallest absolute Gasteiger partial charge is 0.475 e. The highest BCUT2D eigenvalue weighted by molar-refractivity contribution is 5.99. The Hall–Kier alpha value is -3.15. The first kappa shape index (κ1) is 27.4. The van der Waals surface area contributed by atoms with Gasteiger partial charge in [0.05, 0.1) is 5.52 Å². The highest BCUT2D eigenvalue weighted by Crippen LogP contribution is 2.26. The third-order valence-corrected chi connectivity index (χ3v) is 6.69. The average molecular weight is 515 g/mol. The van der Waals surface area contributed by atoms with E-state index in [0.29, 0.717) is 22.6 Å². The van der Waals surface area contributed by atoms with E-state index in [1.165, 1.54) is 6.07 Å². The van der Waals surface area contributed by atoms with E-state index in [1.54, 1.807) is 19.1 Å². The van der Waals surface area contributed by atoms with Gasteiger partial charge in [-0.25, -0.2) is 9.18 Å². The third-order valence-electron chi connectivity index (χ3n) is 6.69. The molecule has 1 saturated heterocycles. The number of H-pyrrole nitrogens is 1. The molecule has 1 aromatic carbocycles. The van der Waals surface area contributed by atoms with Crippen LogP contribution in [0, 0.1) is 12.7 Å². The lowest BCUT2D eigenvalue weighted by molar-refractivity contribution is -0.192. The molecule has 36 heavy (non-hydrogen) atoms. The van der Waals surface area contributed by atoms with Crippen molar-refractivity contribution in [3.05, 3.63) is 35.3 Å². The van der Waals surface area contributed by atoms with E-state index in [2.05, 4.69) is 15.2 Å². The minimum Gasteiger partial charge on any atom is -0.475 e. The molecule has 2 heterocycles. The number of alkyl halides is 3. The summed E-state index contributed by atoms with van der Waals surface area (Å²) >= 11 is 0. The van der Waals surface area contributed by atoms with Crippen molar-refractivity contribution in [1.82, 2.24) is 20.1 Å². The number of benzene rings is 1. The Balaban J connectivity index is 0.000000454. The maximum absolute atomic E-state index is 14.1. The predicted molar refractivity (Wildman–Crippen MR) is 124 cm³/mol. The number of rotatable bonds is 3. The quantitative estimate of drug-likeness (QED) is 0.545. The fraction of sp³-hybridized carbons (Fsp3) is 0.542. The van der Waals surface area contributed by atoms with Gasteiger partial charge in [0.1, 0.15) is 11.5 Å². The largest absolute Gasteiger partial charge is 0.490 e. The monoisotopic (exact) mass is 514 g/mol. The molecular formula is C24H30F4N4O4. The lowest BCUT2D eigenvalue weighted by atomic mass is 9.89. The van der Waals surface area contributed by atoms with Crippen molar-refractivity contribution in [2.75, 3.05) is 26.2 Å². The second-order valence-electron chi connectivity index (χ2n) is 9.17. The summed E-state index contributed by atoms with van der Waals surface area (Å²) in [6.45, 7) is 6.87. The Kier molecular flexibility index (Phi) is 8.59. The number of nitrogens with zero attached hydrogens (tertiary/aromatic N) is 2. The number of nitrogens with one attached hydrogen (secondary N) is 2. The Morgan fingerprint density at radius 3 is 2.31 bits per heavy atom. The molecule has 2 atom stereocenters. The number of amides is 2. The molecule has 3 N–H and O–H groups in total. The minimum absolute atomic E-state index is 0.115. The molecule has 0 bridgehead atoms. The predicted octanol–water partition coefficient (Wildman–Crippen LogP) is 3.45. The Morgan fingerprint density at radius 2 is 1.75 bits per heavy atom. The van der Waals surface area contributed by atoms with Crippen LogP contribution in [0.25, 0.3) is 10.9 Å². The molecule has 1 aromatic heterocycles. The standard InChI is InChI=1S/C22H29FN4O2.C2HF3O2/c1-14-6-7-19(23)18-13-20(25-21(14)18)22(29)24-16-4-3-5-17(12-16)27-10-8-26(9-11-27)15(2)28;3-2(4,5)1(6)7/h6-7,13,16-17,25H,3-5,8-12H2,1-2H3,(H,24,29);(H,6,7). The van der Waals surface area contributed by atoms with Gasteiger partial charge in [-0.05, 0) is 50.3 Å². The van der Waals surface area contributed by atoms with Gasteiger partial charge in [-0.2, -0.15) is 13.2 Å². The zero-order valence-corrected chi connectivity index (χ0v) is 20.1. The van der Waals surface area contributed by atoms with E-state index in [4.69, 9.17) is 9.90 Å². The van der Waals surface area contributed by atoms with E-state index in [1.807, 2.05) is 11.8 Å². The maximum atomic E-state index is 14.1. The van der Waals surface area contributed by atoms with E-state index in [-0.39, 0.29) is 23.7 Å². The molecule has 198 valence electrons. The lowest BCUT2D eigenvalue weighted by Gasteiger charge is -2.42. The first-order valence-electron chi connectivity index (χ1n) is 11.7. The molecule has 1 aliphatic carbocycles. The number of carboxylic acid groups (broad SMARTS) is 1. The van der Waals surface area contributed by atoms with Crippen molar-refractivity contribution >= 4 is 28.7 Å². The van der Waals surface area contributed by atoms with Crippen LogP contribution >= 0.6 is 0 Å². The lowest BCUT2D eigenvalue weighted by Crippen LogP contribution is -2.54. The normalized spacial score (nSPS) is 21.0. The number of aromatic amines is 1.